The van der Waals surface area contributed by atoms with E-state index in [1.807, 2.05) is 19.1 Å². The van der Waals surface area contributed by atoms with Crippen molar-refractivity contribution < 1.29 is 22.6 Å². The monoisotopic (exact) mass is 382 g/mol. The standard InChI is InChI=1S/C11H12F3N3O.C7H9NO/c12-8-2-1-6(15)3-7(8)11(10(13)14)5-18-4-9(16)17-11;1-2-9-7-4-3-5-8-6-7/h1-3,10H,4-5,15H2,(H2,16,17);3-6H,2H2,1H3/t11-;/m0./s1. The summed E-state index contributed by atoms with van der Waals surface area (Å²) in [7, 11) is 0. The molecule has 0 amide bonds. The van der Waals surface area contributed by atoms with Crippen molar-refractivity contribution in [2.24, 2.45) is 10.7 Å². The zero-order valence-electron chi connectivity index (χ0n) is 14.7. The summed E-state index contributed by atoms with van der Waals surface area (Å²) in [6.45, 7) is 2.17. The summed E-state index contributed by atoms with van der Waals surface area (Å²) in [4.78, 5) is 7.59. The lowest BCUT2D eigenvalue weighted by molar-refractivity contribution is -0.0145. The largest absolute Gasteiger partial charge is 0.492 e. The van der Waals surface area contributed by atoms with E-state index in [1.54, 1.807) is 12.4 Å². The highest BCUT2D eigenvalue weighted by atomic mass is 19.3. The highest BCUT2D eigenvalue weighted by molar-refractivity contribution is 5.82. The van der Waals surface area contributed by atoms with Crippen LogP contribution in [-0.2, 0) is 10.3 Å². The molecule has 6 nitrogen and oxygen atoms in total. The fourth-order valence-electron chi connectivity index (χ4n) is 2.47. The molecule has 1 aliphatic rings. The number of hydrogen-bond acceptors (Lipinski definition) is 6. The van der Waals surface area contributed by atoms with E-state index in [0.717, 1.165) is 17.9 Å². The first-order chi connectivity index (χ1) is 12.9. The average Bonchev–Trinajstić information content (AvgIpc) is 2.65. The van der Waals surface area contributed by atoms with Gasteiger partial charge < -0.3 is 20.9 Å². The van der Waals surface area contributed by atoms with Gasteiger partial charge in [0.1, 0.15) is 24.0 Å². The van der Waals surface area contributed by atoms with Crippen molar-refractivity contribution in [2.45, 2.75) is 18.9 Å². The lowest BCUT2D eigenvalue weighted by atomic mass is 9.90. The van der Waals surface area contributed by atoms with E-state index in [9.17, 15) is 13.2 Å². The highest BCUT2D eigenvalue weighted by Crippen LogP contribution is 2.37. The molecular weight excluding hydrogens is 361 g/mol. The molecule has 1 atom stereocenters. The summed E-state index contributed by atoms with van der Waals surface area (Å²) in [5.74, 6) is -0.0741. The number of amidine groups is 1. The predicted octanol–water partition coefficient (Wildman–Crippen LogP) is 2.74. The predicted molar refractivity (Wildman–Crippen MR) is 96.3 cm³/mol. The van der Waals surface area contributed by atoms with Crippen molar-refractivity contribution in [3.05, 3.63) is 54.1 Å². The van der Waals surface area contributed by atoms with Gasteiger partial charge in [0.2, 0.25) is 0 Å². The number of aromatic nitrogens is 1. The number of rotatable bonds is 4. The van der Waals surface area contributed by atoms with Crippen molar-refractivity contribution >= 4 is 11.5 Å². The van der Waals surface area contributed by atoms with Crippen molar-refractivity contribution in [2.75, 3.05) is 25.6 Å². The number of hydrogen-bond donors (Lipinski definition) is 2. The Morgan fingerprint density at radius 1 is 1.30 bits per heavy atom. The van der Waals surface area contributed by atoms with Crippen LogP contribution in [0.2, 0.25) is 0 Å². The van der Waals surface area contributed by atoms with Crippen LogP contribution in [0.15, 0.2) is 47.7 Å². The first kappa shape index (κ1) is 20.5. The third kappa shape index (κ3) is 5.10. The van der Waals surface area contributed by atoms with E-state index < -0.39 is 24.4 Å². The van der Waals surface area contributed by atoms with Gasteiger partial charge >= 0.3 is 0 Å². The van der Waals surface area contributed by atoms with Gasteiger partial charge in [-0.3, -0.25) is 9.98 Å². The van der Waals surface area contributed by atoms with E-state index in [4.69, 9.17) is 20.9 Å². The Bertz CT molecular complexity index is 774. The summed E-state index contributed by atoms with van der Waals surface area (Å²) >= 11 is 0. The number of alkyl halides is 2. The third-order valence-corrected chi connectivity index (χ3v) is 3.68. The van der Waals surface area contributed by atoms with Gasteiger partial charge in [-0.25, -0.2) is 13.2 Å². The fraction of sp³-hybridized carbons (Fsp3) is 0.333. The fourth-order valence-corrected chi connectivity index (χ4v) is 2.47. The minimum Gasteiger partial charge on any atom is -0.492 e. The number of nitrogen functional groups attached to an aromatic ring is 1. The Hall–Kier alpha value is -2.81. The topological polar surface area (TPSA) is 95.8 Å². The maximum Gasteiger partial charge on any atom is 0.269 e. The number of nitrogens with zero attached hydrogens (tertiary/aromatic N) is 2. The van der Waals surface area contributed by atoms with E-state index in [-0.39, 0.29) is 23.7 Å². The molecule has 0 unspecified atom stereocenters. The van der Waals surface area contributed by atoms with Gasteiger partial charge in [-0.15, -0.1) is 0 Å². The summed E-state index contributed by atoms with van der Waals surface area (Å²) < 4.78 is 50.4. The molecule has 9 heteroatoms. The van der Waals surface area contributed by atoms with Crippen LogP contribution >= 0.6 is 0 Å². The van der Waals surface area contributed by atoms with Crippen LogP contribution in [0.3, 0.4) is 0 Å². The van der Waals surface area contributed by atoms with Crippen LogP contribution in [0.1, 0.15) is 12.5 Å². The molecular formula is C18H21F3N4O2. The number of anilines is 1. The van der Waals surface area contributed by atoms with Gasteiger partial charge in [0.05, 0.1) is 19.4 Å². The molecule has 0 saturated heterocycles. The first-order valence-electron chi connectivity index (χ1n) is 8.17. The molecule has 1 aromatic heterocycles. The number of benzene rings is 1. The average molecular weight is 382 g/mol. The molecule has 4 N–H and O–H groups in total. The van der Waals surface area contributed by atoms with Gasteiger partial charge in [-0.05, 0) is 37.3 Å². The van der Waals surface area contributed by atoms with Gasteiger partial charge in [0.25, 0.3) is 6.43 Å². The molecule has 1 aliphatic heterocycles. The number of halogens is 3. The number of pyridine rings is 1. The quantitative estimate of drug-likeness (QED) is 0.793. The van der Waals surface area contributed by atoms with Crippen molar-refractivity contribution in [3.8, 4) is 5.75 Å². The highest BCUT2D eigenvalue weighted by Gasteiger charge is 2.46. The summed E-state index contributed by atoms with van der Waals surface area (Å²) in [5.41, 5.74) is 8.65. The lowest BCUT2D eigenvalue weighted by Crippen LogP contribution is -2.45. The van der Waals surface area contributed by atoms with Crippen LogP contribution in [0.4, 0.5) is 18.9 Å². The van der Waals surface area contributed by atoms with Gasteiger partial charge in [0.15, 0.2) is 5.54 Å². The summed E-state index contributed by atoms with van der Waals surface area (Å²) in [6.07, 6.45) is 0.471. The van der Waals surface area contributed by atoms with E-state index >= 15 is 0 Å². The second-order valence-electron chi connectivity index (χ2n) is 5.68. The molecule has 1 aromatic carbocycles. The first-order valence-corrected chi connectivity index (χ1v) is 8.17. The van der Waals surface area contributed by atoms with Gasteiger partial charge in [0, 0.05) is 17.4 Å². The van der Waals surface area contributed by atoms with Gasteiger partial charge in [-0.1, -0.05) is 0 Å². The minimum absolute atomic E-state index is 0.0432. The molecule has 2 aromatic rings. The normalized spacial score (nSPS) is 19.1. The molecule has 27 heavy (non-hydrogen) atoms. The Kier molecular flexibility index (Phi) is 7.00. The maximum absolute atomic E-state index is 13.7. The number of aliphatic imine (C=N–C) groups is 1. The molecule has 2 heterocycles. The molecule has 0 fully saturated rings. The van der Waals surface area contributed by atoms with Crippen molar-refractivity contribution in [1.82, 2.24) is 4.98 Å². The zero-order valence-corrected chi connectivity index (χ0v) is 14.7. The Balaban J connectivity index is 0.000000244. The van der Waals surface area contributed by atoms with Gasteiger partial charge in [-0.2, -0.15) is 0 Å². The van der Waals surface area contributed by atoms with E-state index in [1.165, 1.54) is 6.07 Å². The minimum atomic E-state index is -2.95. The number of nitrogens with two attached hydrogens (primary N) is 2. The van der Waals surface area contributed by atoms with E-state index in [2.05, 4.69) is 9.98 Å². The lowest BCUT2D eigenvalue weighted by Gasteiger charge is -2.33. The van der Waals surface area contributed by atoms with Crippen LogP contribution in [0.5, 0.6) is 5.75 Å². The van der Waals surface area contributed by atoms with Crippen LogP contribution in [0.25, 0.3) is 0 Å². The molecule has 0 aliphatic carbocycles. The van der Waals surface area contributed by atoms with Crippen molar-refractivity contribution in [1.29, 1.82) is 0 Å². The SMILES string of the molecule is CCOc1cccnc1.NC1=N[C@@](c2cc(N)ccc2F)(C(F)F)COC1. The van der Waals surface area contributed by atoms with E-state index in [0.29, 0.717) is 6.61 Å². The van der Waals surface area contributed by atoms with Crippen molar-refractivity contribution in [3.63, 3.8) is 0 Å². The molecule has 3 rings (SSSR count). The zero-order chi connectivity index (χ0) is 19.9. The Labute approximate surface area is 155 Å². The molecule has 0 radical (unpaired) electrons. The molecule has 0 spiro atoms. The second kappa shape index (κ2) is 9.22. The number of ether oxygens (including phenoxy) is 2. The molecule has 0 bridgehead atoms. The van der Waals surface area contributed by atoms with Crippen LogP contribution < -0.4 is 16.2 Å². The Morgan fingerprint density at radius 3 is 2.67 bits per heavy atom. The van der Waals surface area contributed by atoms with Crippen LogP contribution in [0, 0.1) is 5.82 Å². The summed E-state index contributed by atoms with van der Waals surface area (Å²) in [6, 6.07) is 7.18. The molecule has 146 valence electrons. The summed E-state index contributed by atoms with van der Waals surface area (Å²) in [5, 5.41) is 0. The third-order valence-electron chi connectivity index (χ3n) is 3.68. The van der Waals surface area contributed by atoms with Crippen LogP contribution in [-0.4, -0.2) is 37.1 Å². The smallest absolute Gasteiger partial charge is 0.269 e. The second-order valence-corrected chi connectivity index (χ2v) is 5.68. The maximum atomic E-state index is 13.7. The Morgan fingerprint density at radius 2 is 2.07 bits per heavy atom. The molecule has 0 saturated carbocycles.